The van der Waals surface area contributed by atoms with Gasteiger partial charge in [0.2, 0.25) is 5.91 Å². The third kappa shape index (κ3) is 8.59. The van der Waals surface area contributed by atoms with Gasteiger partial charge in [0.15, 0.2) is 0 Å². The van der Waals surface area contributed by atoms with E-state index in [9.17, 15) is 9.59 Å². The molecule has 1 atom stereocenters. The van der Waals surface area contributed by atoms with Crippen LogP contribution in [0.4, 0.5) is 0 Å². The zero-order chi connectivity index (χ0) is 12.6. The van der Waals surface area contributed by atoms with E-state index in [1.807, 2.05) is 6.26 Å². The van der Waals surface area contributed by atoms with Crippen molar-refractivity contribution < 1.29 is 14.7 Å². The highest BCUT2D eigenvalue weighted by molar-refractivity contribution is 7.99. The summed E-state index contributed by atoms with van der Waals surface area (Å²) < 4.78 is 0. The van der Waals surface area contributed by atoms with Gasteiger partial charge in [-0.15, -0.1) is 0 Å². The maximum Gasteiger partial charge on any atom is 0.303 e. The molecule has 0 saturated carbocycles. The van der Waals surface area contributed by atoms with Crippen LogP contribution in [0.1, 0.15) is 26.7 Å². The zero-order valence-corrected chi connectivity index (χ0v) is 11.0. The normalized spacial score (nSPS) is 12.5. The van der Waals surface area contributed by atoms with Crippen LogP contribution in [-0.2, 0) is 9.59 Å². The topological polar surface area (TPSA) is 66.4 Å². The Labute approximate surface area is 101 Å². The quantitative estimate of drug-likeness (QED) is 0.684. The largest absolute Gasteiger partial charge is 0.481 e. The number of hydrogen-bond acceptors (Lipinski definition) is 3. The summed E-state index contributed by atoms with van der Waals surface area (Å²) in [5.74, 6) is 0.0862. The second-order valence-corrected chi connectivity index (χ2v) is 5.20. The van der Waals surface area contributed by atoms with Crippen molar-refractivity contribution in [3.05, 3.63) is 0 Å². The first-order valence-corrected chi connectivity index (χ1v) is 6.82. The second kappa shape index (κ2) is 8.44. The monoisotopic (exact) mass is 247 g/mol. The molecule has 0 fully saturated rings. The van der Waals surface area contributed by atoms with Gasteiger partial charge in [-0.3, -0.25) is 9.59 Å². The Balaban J connectivity index is 4.00. The predicted octanol–water partition coefficient (Wildman–Crippen LogP) is 1.60. The highest BCUT2D eigenvalue weighted by Crippen LogP contribution is 2.14. The van der Waals surface area contributed by atoms with Crippen LogP contribution in [0.25, 0.3) is 0 Å². The van der Waals surface area contributed by atoms with Gasteiger partial charge < -0.3 is 10.4 Å². The first-order chi connectivity index (χ1) is 7.45. The van der Waals surface area contributed by atoms with E-state index in [1.165, 1.54) is 11.8 Å². The van der Waals surface area contributed by atoms with Crippen molar-refractivity contribution in [2.75, 3.05) is 18.6 Å². The molecule has 5 heteroatoms. The highest BCUT2D eigenvalue weighted by Gasteiger charge is 2.15. The number of rotatable bonds is 8. The van der Waals surface area contributed by atoms with E-state index in [0.29, 0.717) is 18.2 Å². The first kappa shape index (κ1) is 15.3. The summed E-state index contributed by atoms with van der Waals surface area (Å²) in [6, 6.07) is 0. The van der Waals surface area contributed by atoms with Crippen LogP contribution < -0.4 is 5.32 Å². The van der Waals surface area contributed by atoms with E-state index in [4.69, 9.17) is 5.11 Å². The summed E-state index contributed by atoms with van der Waals surface area (Å²) in [7, 11) is 0. The Morgan fingerprint density at radius 1 is 1.38 bits per heavy atom. The fourth-order valence-electron chi connectivity index (χ4n) is 1.59. The van der Waals surface area contributed by atoms with Crippen LogP contribution in [0.3, 0.4) is 0 Å². The molecule has 0 aliphatic carbocycles. The van der Waals surface area contributed by atoms with Gasteiger partial charge in [0, 0.05) is 13.0 Å². The molecule has 4 nitrogen and oxygen atoms in total. The molecule has 1 amide bonds. The molecule has 0 radical (unpaired) electrons. The van der Waals surface area contributed by atoms with Gasteiger partial charge in [-0.2, -0.15) is 11.8 Å². The number of aliphatic carboxylic acids is 1. The molecule has 2 N–H and O–H groups in total. The fraction of sp³-hybridized carbons (Fsp3) is 0.818. The Bertz CT molecular complexity index is 231. The van der Waals surface area contributed by atoms with Gasteiger partial charge in [0.25, 0.3) is 0 Å². The zero-order valence-electron chi connectivity index (χ0n) is 10.2. The maximum absolute atomic E-state index is 11.2. The Kier molecular flexibility index (Phi) is 8.07. The lowest BCUT2D eigenvalue weighted by atomic mass is 9.94. The standard InChI is InChI=1S/C11H21NO3S/c1-8(2)4-9(5-11(14)15)6-12-10(13)7-16-3/h8-9H,4-7H2,1-3H3,(H,12,13)(H,14,15)/t9-/m0/s1. The molecule has 0 unspecified atom stereocenters. The Morgan fingerprint density at radius 3 is 2.44 bits per heavy atom. The van der Waals surface area contributed by atoms with E-state index in [2.05, 4.69) is 19.2 Å². The van der Waals surface area contributed by atoms with Crippen molar-refractivity contribution in [3.63, 3.8) is 0 Å². The molecule has 0 spiro atoms. The SMILES string of the molecule is CSCC(=O)NC[C@H](CC(=O)O)CC(C)C. The molecule has 0 aliphatic rings. The van der Waals surface area contributed by atoms with Gasteiger partial charge in [-0.25, -0.2) is 0 Å². The van der Waals surface area contributed by atoms with Crippen molar-refractivity contribution in [3.8, 4) is 0 Å². The first-order valence-electron chi connectivity index (χ1n) is 5.43. The molecule has 0 saturated heterocycles. The van der Waals surface area contributed by atoms with Gasteiger partial charge >= 0.3 is 5.97 Å². The molecule has 0 rings (SSSR count). The molecule has 0 bridgehead atoms. The Hall–Kier alpha value is -0.710. The number of thioether (sulfide) groups is 1. The molecule has 94 valence electrons. The maximum atomic E-state index is 11.2. The molecule has 0 aliphatic heterocycles. The van der Waals surface area contributed by atoms with E-state index in [1.54, 1.807) is 0 Å². The summed E-state index contributed by atoms with van der Waals surface area (Å²) >= 11 is 1.46. The summed E-state index contributed by atoms with van der Waals surface area (Å²) in [6.45, 7) is 4.57. The number of nitrogens with one attached hydrogen (secondary N) is 1. The smallest absolute Gasteiger partial charge is 0.303 e. The van der Waals surface area contributed by atoms with Crippen LogP contribution in [0.2, 0.25) is 0 Å². The molecular weight excluding hydrogens is 226 g/mol. The van der Waals surface area contributed by atoms with E-state index >= 15 is 0 Å². The van der Waals surface area contributed by atoms with E-state index in [0.717, 1.165) is 6.42 Å². The van der Waals surface area contributed by atoms with Crippen molar-refractivity contribution in [2.24, 2.45) is 11.8 Å². The summed E-state index contributed by atoms with van der Waals surface area (Å²) in [5.41, 5.74) is 0. The lowest BCUT2D eigenvalue weighted by Gasteiger charge is -2.17. The molecule has 0 aromatic heterocycles. The van der Waals surface area contributed by atoms with Crippen molar-refractivity contribution in [1.29, 1.82) is 0 Å². The number of amides is 1. The molecule has 0 heterocycles. The van der Waals surface area contributed by atoms with Crippen molar-refractivity contribution in [1.82, 2.24) is 5.32 Å². The van der Waals surface area contributed by atoms with Gasteiger partial charge in [-0.05, 0) is 24.5 Å². The number of carboxylic acids is 1. The van der Waals surface area contributed by atoms with Gasteiger partial charge in [0.1, 0.15) is 0 Å². The lowest BCUT2D eigenvalue weighted by Crippen LogP contribution is -2.32. The van der Waals surface area contributed by atoms with Crippen LogP contribution >= 0.6 is 11.8 Å². The summed E-state index contributed by atoms with van der Waals surface area (Å²) in [6.07, 6.45) is 2.81. The molecule has 0 aromatic carbocycles. The molecule has 16 heavy (non-hydrogen) atoms. The minimum absolute atomic E-state index is 0.0216. The number of carbonyl (C=O) groups excluding carboxylic acids is 1. The second-order valence-electron chi connectivity index (χ2n) is 4.33. The fourth-order valence-corrected chi connectivity index (χ4v) is 1.96. The molecule has 0 aromatic rings. The number of carbonyl (C=O) groups is 2. The van der Waals surface area contributed by atoms with E-state index in [-0.39, 0.29) is 18.2 Å². The van der Waals surface area contributed by atoms with Gasteiger partial charge in [-0.1, -0.05) is 13.8 Å². The van der Waals surface area contributed by atoms with Crippen LogP contribution in [-0.4, -0.2) is 35.5 Å². The summed E-state index contributed by atoms with van der Waals surface area (Å²) in [4.78, 5) is 21.9. The average molecular weight is 247 g/mol. The third-order valence-corrected chi connectivity index (χ3v) is 2.68. The van der Waals surface area contributed by atoms with Crippen LogP contribution in [0.15, 0.2) is 0 Å². The lowest BCUT2D eigenvalue weighted by molar-refractivity contribution is -0.138. The third-order valence-electron chi connectivity index (χ3n) is 2.13. The van der Waals surface area contributed by atoms with Crippen molar-refractivity contribution in [2.45, 2.75) is 26.7 Å². The predicted molar refractivity (Wildman–Crippen MR) is 66.6 cm³/mol. The number of carboxylic acid groups (broad SMARTS) is 1. The average Bonchev–Trinajstić information content (AvgIpc) is 2.13. The highest BCUT2D eigenvalue weighted by atomic mass is 32.2. The van der Waals surface area contributed by atoms with Crippen LogP contribution in [0, 0.1) is 11.8 Å². The Morgan fingerprint density at radius 2 is 2.00 bits per heavy atom. The van der Waals surface area contributed by atoms with Crippen LogP contribution in [0.5, 0.6) is 0 Å². The van der Waals surface area contributed by atoms with E-state index < -0.39 is 5.97 Å². The van der Waals surface area contributed by atoms with Gasteiger partial charge in [0.05, 0.1) is 5.75 Å². The van der Waals surface area contributed by atoms with Crippen molar-refractivity contribution >= 4 is 23.6 Å². The minimum Gasteiger partial charge on any atom is -0.481 e. The summed E-state index contributed by atoms with van der Waals surface area (Å²) in [5, 5.41) is 11.5. The number of hydrogen-bond donors (Lipinski definition) is 2. The molecular formula is C11H21NO3S. The minimum atomic E-state index is -0.801.